The van der Waals surface area contributed by atoms with Gasteiger partial charge in [-0.1, -0.05) is 28.1 Å². The molecule has 1 rings (SSSR count). The minimum atomic E-state index is -0.546. The Kier molecular flexibility index (Phi) is 6.36. The molecule has 0 bridgehead atoms. The van der Waals surface area contributed by atoms with Crippen LogP contribution in [0.4, 0.5) is 4.79 Å². The molecule has 0 aliphatic rings. The molecule has 0 radical (unpaired) electrons. The molecule has 114 valence electrons. The van der Waals surface area contributed by atoms with Gasteiger partial charge in [-0.3, -0.25) is 0 Å². The Bertz CT molecular complexity index is 533. The van der Waals surface area contributed by atoms with Crippen molar-refractivity contribution in [2.45, 2.75) is 26.4 Å². The number of carbonyl (C=O) groups excluding carboxylic acids is 1. The van der Waals surface area contributed by atoms with Gasteiger partial charge in [0.2, 0.25) is 0 Å². The lowest BCUT2D eigenvalue weighted by atomic mass is 10.2. The largest absolute Gasteiger partial charge is 0.444 e. The van der Waals surface area contributed by atoms with Crippen LogP contribution in [0.3, 0.4) is 0 Å². The number of ether oxygens (including phenoxy) is 1. The second-order valence-electron chi connectivity index (χ2n) is 5.24. The molecule has 0 saturated heterocycles. The quantitative estimate of drug-likeness (QED) is 0.494. The van der Waals surface area contributed by atoms with Crippen molar-refractivity contribution in [2.24, 2.45) is 15.9 Å². The van der Waals surface area contributed by atoms with Crippen LogP contribution in [0, 0.1) is 0 Å². The lowest BCUT2D eigenvalue weighted by molar-refractivity contribution is 0.0536. The van der Waals surface area contributed by atoms with Crippen molar-refractivity contribution in [3.05, 3.63) is 34.3 Å². The summed E-state index contributed by atoms with van der Waals surface area (Å²) in [6.07, 6.45) is 1.03. The van der Waals surface area contributed by atoms with Crippen LogP contribution in [0.1, 0.15) is 26.3 Å². The Morgan fingerprint density at radius 2 is 2.00 bits per heavy atom. The average Bonchev–Trinajstić information content (AvgIpc) is 2.37. The number of halogens is 1. The first-order valence-electron chi connectivity index (χ1n) is 6.34. The molecule has 6 nitrogen and oxygen atoms in total. The van der Waals surface area contributed by atoms with E-state index in [1.807, 2.05) is 24.3 Å². The maximum atomic E-state index is 11.4. The summed E-state index contributed by atoms with van der Waals surface area (Å²) in [6, 6.07) is 7.58. The molecule has 0 atom stereocenters. The van der Waals surface area contributed by atoms with Crippen LogP contribution in [0.2, 0.25) is 0 Å². The molecule has 0 aromatic heterocycles. The predicted octanol–water partition coefficient (Wildman–Crippen LogP) is 2.66. The molecular formula is C14H19BrN4O2. The first kappa shape index (κ1) is 17.2. The van der Waals surface area contributed by atoms with Crippen LogP contribution in [0.15, 0.2) is 38.9 Å². The third-order valence-electron chi connectivity index (χ3n) is 2.08. The average molecular weight is 355 g/mol. The Balaban J connectivity index is 2.43. The Hall–Kier alpha value is -1.89. The highest BCUT2D eigenvalue weighted by atomic mass is 79.9. The van der Waals surface area contributed by atoms with E-state index in [2.05, 4.69) is 31.4 Å². The third kappa shape index (κ3) is 8.09. The van der Waals surface area contributed by atoms with E-state index < -0.39 is 11.7 Å². The number of amides is 1. The number of carbonyl (C=O) groups is 1. The zero-order valence-electron chi connectivity index (χ0n) is 12.3. The normalized spacial score (nSPS) is 12.5. The maximum absolute atomic E-state index is 11.4. The van der Waals surface area contributed by atoms with Gasteiger partial charge in [0.25, 0.3) is 0 Å². The second kappa shape index (κ2) is 7.78. The molecule has 0 unspecified atom stereocenters. The smallest absolute Gasteiger partial charge is 0.408 e. The van der Waals surface area contributed by atoms with Gasteiger partial charge in [0.15, 0.2) is 0 Å². The summed E-state index contributed by atoms with van der Waals surface area (Å²) in [5.41, 5.74) is 5.98. The maximum Gasteiger partial charge on any atom is 0.408 e. The lowest BCUT2D eigenvalue weighted by Crippen LogP contribution is -2.37. The fraction of sp³-hybridized carbons (Fsp3) is 0.357. The van der Waals surface area contributed by atoms with Crippen LogP contribution in [-0.2, 0) is 4.74 Å². The summed E-state index contributed by atoms with van der Waals surface area (Å²) < 4.78 is 6.06. The van der Waals surface area contributed by atoms with Crippen LogP contribution in [0.5, 0.6) is 0 Å². The number of rotatable bonds is 4. The van der Waals surface area contributed by atoms with Gasteiger partial charge in [-0.05, 0) is 38.5 Å². The van der Waals surface area contributed by atoms with Crippen molar-refractivity contribution in [2.75, 3.05) is 6.54 Å². The molecule has 0 aliphatic heterocycles. The number of hydrogen-bond acceptors (Lipinski definition) is 4. The first-order chi connectivity index (χ1) is 9.76. The van der Waals surface area contributed by atoms with Gasteiger partial charge in [-0.2, -0.15) is 5.10 Å². The Labute approximate surface area is 132 Å². The van der Waals surface area contributed by atoms with Gasteiger partial charge in [-0.15, -0.1) is 5.10 Å². The molecule has 7 heteroatoms. The molecule has 0 saturated carbocycles. The van der Waals surface area contributed by atoms with Gasteiger partial charge in [-0.25, -0.2) is 4.79 Å². The summed E-state index contributed by atoms with van der Waals surface area (Å²) in [5, 5.41) is 10.1. The van der Waals surface area contributed by atoms with Gasteiger partial charge in [0.05, 0.1) is 12.8 Å². The number of benzene rings is 1. The van der Waals surface area contributed by atoms with Crippen molar-refractivity contribution in [3.8, 4) is 0 Å². The monoisotopic (exact) mass is 354 g/mol. The molecule has 1 aromatic rings. The van der Waals surface area contributed by atoms with Gasteiger partial charge in [0, 0.05) is 4.47 Å². The van der Waals surface area contributed by atoms with Crippen molar-refractivity contribution in [1.29, 1.82) is 0 Å². The van der Waals surface area contributed by atoms with E-state index in [4.69, 9.17) is 10.5 Å². The van der Waals surface area contributed by atoms with E-state index >= 15 is 0 Å². The molecular weight excluding hydrogens is 336 g/mol. The number of nitrogens with two attached hydrogens (primary N) is 1. The van der Waals surface area contributed by atoms with Crippen LogP contribution >= 0.6 is 15.9 Å². The first-order valence-corrected chi connectivity index (χ1v) is 7.13. The minimum Gasteiger partial charge on any atom is -0.444 e. The van der Waals surface area contributed by atoms with E-state index in [-0.39, 0.29) is 12.4 Å². The molecule has 1 amide bonds. The zero-order chi connectivity index (χ0) is 15.9. The van der Waals surface area contributed by atoms with E-state index in [1.54, 1.807) is 27.0 Å². The number of nitrogens with one attached hydrogen (secondary N) is 1. The summed E-state index contributed by atoms with van der Waals surface area (Å²) in [4.78, 5) is 11.4. The molecule has 0 heterocycles. The summed E-state index contributed by atoms with van der Waals surface area (Å²) in [5.74, 6) is 0.189. The standard InChI is InChI=1S/C14H19BrN4O2/c1-14(2,3)21-13(20)17-9-12(16)19-18-8-10-4-6-11(15)7-5-10/h4-8H,9H2,1-3H3,(H2,16,19)(H,17,20)/b18-8+. The van der Waals surface area contributed by atoms with E-state index in [0.717, 1.165) is 10.0 Å². The molecule has 3 N–H and O–H groups in total. The summed E-state index contributed by atoms with van der Waals surface area (Å²) in [6.45, 7) is 5.43. The lowest BCUT2D eigenvalue weighted by Gasteiger charge is -2.19. The Morgan fingerprint density at radius 1 is 1.38 bits per heavy atom. The van der Waals surface area contributed by atoms with E-state index in [9.17, 15) is 4.79 Å². The predicted molar refractivity (Wildman–Crippen MR) is 87.6 cm³/mol. The summed E-state index contributed by atoms with van der Waals surface area (Å²) >= 11 is 3.35. The topological polar surface area (TPSA) is 89.1 Å². The van der Waals surface area contributed by atoms with Gasteiger partial charge < -0.3 is 15.8 Å². The van der Waals surface area contributed by atoms with Crippen LogP contribution < -0.4 is 11.1 Å². The summed E-state index contributed by atoms with van der Waals surface area (Å²) in [7, 11) is 0. The fourth-order valence-corrected chi connectivity index (χ4v) is 1.50. The number of hydrogen-bond donors (Lipinski definition) is 2. The molecule has 0 spiro atoms. The number of nitrogens with zero attached hydrogens (tertiary/aromatic N) is 2. The second-order valence-corrected chi connectivity index (χ2v) is 6.16. The van der Waals surface area contributed by atoms with Crippen molar-refractivity contribution in [3.63, 3.8) is 0 Å². The van der Waals surface area contributed by atoms with Crippen molar-refractivity contribution >= 4 is 34.1 Å². The SMILES string of the molecule is CC(C)(C)OC(=O)NC/C(N)=N/N=C/c1ccc(Br)cc1. The van der Waals surface area contributed by atoms with Crippen molar-refractivity contribution in [1.82, 2.24) is 5.32 Å². The third-order valence-corrected chi connectivity index (χ3v) is 2.60. The highest BCUT2D eigenvalue weighted by Crippen LogP contribution is 2.09. The van der Waals surface area contributed by atoms with E-state index in [1.165, 1.54) is 0 Å². The van der Waals surface area contributed by atoms with E-state index in [0.29, 0.717) is 0 Å². The number of alkyl carbamates (subject to hydrolysis) is 1. The molecule has 1 aromatic carbocycles. The van der Waals surface area contributed by atoms with Crippen LogP contribution in [-0.4, -0.2) is 30.3 Å². The van der Waals surface area contributed by atoms with Gasteiger partial charge in [0.1, 0.15) is 11.4 Å². The zero-order valence-corrected chi connectivity index (χ0v) is 13.8. The highest BCUT2D eigenvalue weighted by Gasteiger charge is 2.15. The molecule has 0 aliphatic carbocycles. The Morgan fingerprint density at radius 3 is 2.57 bits per heavy atom. The minimum absolute atomic E-state index is 0.0760. The van der Waals surface area contributed by atoms with Gasteiger partial charge >= 0.3 is 6.09 Å². The molecule has 0 fully saturated rings. The van der Waals surface area contributed by atoms with Crippen molar-refractivity contribution < 1.29 is 9.53 Å². The number of amidine groups is 1. The molecule has 21 heavy (non-hydrogen) atoms. The highest BCUT2D eigenvalue weighted by molar-refractivity contribution is 9.10. The van der Waals surface area contributed by atoms with Crippen LogP contribution in [0.25, 0.3) is 0 Å². The fourth-order valence-electron chi connectivity index (χ4n) is 1.23.